The average molecular weight is 454 g/mol. The standard InChI is InChI=1S/C19H24BrN3O3S/c1-19(2,3)26-18(24)23-10-8-22(9-11-23)16-12-15(21-27-16)13-6-5-7-14(20)17(13)25-4/h5-7,12H,8-11H2,1-4H3. The summed E-state index contributed by atoms with van der Waals surface area (Å²) < 4.78 is 16.5. The van der Waals surface area contributed by atoms with Gasteiger partial charge >= 0.3 is 6.09 Å². The van der Waals surface area contributed by atoms with E-state index in [-0.39, 0.29) is 6.09 Å². The number of para-hydroxylation sites is 1. The Kier molecular flexibility index (Phi) is 5.95. The van der Waals surface area contributed by atoms with E-state index in [0.717, 1.165) is 39.6 Å². The van der Waals surface area contributed by atoms with Crippen LogP contribution in [0, 0.1) is 0 Å². The van der Waals surface area contributed by atoms with Gasteiger partial charge in [-0.15, -0.1) is 0 Å². The fraction of sp³-hybridized carbons (Fsp3) is 0.474. The molecule has 0 unspecified atom stereocenters. The number of halogens is 1. The van der Waals surface area contributed by atoms with E-state index < -0.39 is 5.60 Å². The van der Waals surface area contributed by atoms with E-state index in [9.17, 15) is 4.79 Å². The molecule has 0 aliphatic carbocycles. The highest BCUT2D eigenvalue weighted by Gasteiger charge is 2.26. The van der Waals surface area contributed by atoms with Crippen LogP contribution in [0.4, 0.5) is 9.80 Å². The van der Waals surface area contributed by atoms with Gasteiger partial charge in [-0.3, -0.25) is 0 Å². The molecule has 1 aromatic carbocycles. The van der Waals surface area contributed by atoms with Crippen LogP contribution in [0.25, 0.3) is 11.3 Å². The summed E-state index contributed by atoms with van der Waals surface area (Å²) in [5.74, 6) is 0.782. The summed E-state index contributed by atoms with van der Waals surface area (Å²) in [6, 6.07) is 8.01. The van der Waals surface area contributed by atoms with E-state index in [0.29, 0.717) is 13.1 Å². The van der Waals surface area contributed by atoms with Crippen molar-refractivity contribution in [3.63, 3.8) is 0 Å². The van der Waals surface area contributed by atoms with E-state index >= 15 is 0 Å². The molecule has 8 heteroatoms. The van der Waals surface area contributed by atoms with Crippen molar-refractivity contribution in [1.82, 2.24) is 9.27 Å². The maximum absolute atomic E-state index is 12.2. The Labute approximate surface area is 172 Å². The fourth-order valence-electron chi connectivity index (χ4n) is 2.90. The smallest absolute Gasteiger partial charge is 0.410 e. The Bertz CT molecular complexity index is 811. The van der Waals surface area contributed by atoms with E-state index in [2.05, 4.69) is 31.3 Å². The summed E-state index contributed by atoms with van der Waals surface area (Å²) in [4.78, 5) is 16.2. The third kappa shape index (κ3) is 4.73. The molecule has 1 saturated heterocycles. The van der Waals surface area contributed by atoms with Crippen molar-refractivity contribution >= 4 is 38.6 Å². The van der Waals surface area contributed by atoms with Gasteiger partial charge < -0.3 is 19.3 Å². The first kappa shape index (κ1) is 19.9. The van der Waals surface area contributed by atoms with Crippen LogP contribution in [0.2, 0.25) is 0 Å². The number of anilines is 1. The van der Waals surface area contributed by atoms with Gasteiger partial charge in [0.2, 0.25) is 0 Å². The number of methoxy groups -OCH3 is 1. The first-order chi connectivity index (χ1) is 12.8. The van der Waals surface area contributed by atoms with Gasteiger partial charge in [0.15, 0.2) is 0 Å². The van der Waals surface area contributed by atoms with Crippen LogP contribution >= 0.6 is 27.5 Å². The van der Waals surface area contributed by atoms with Crippen LogP contribution in [0.3, 0.4) is 0 Å². The molecule has 1 aromatic heterocycles. The Morgan fingerprint density at radius 2 is 1.93 bits per heavy atom. The summed E-state index contributed by atoms with van der Waals surface area (Å²) in [6.45, 7) is 8.46. The zero-order chi connectivity index (χ0) is 19.6. The number of aromatic nitrogens is 1. The molecular formula is C19H24BrN3O3S. The molecule has 0 saturated carbocycles. The Balaban J connectivity index is 1.67. The highest BCUT2D eigenvalue weighted by Crippen LogP contribution is 2.38. The topological polar surface area (TPSA) is 54.9 Å². The zero-order valence-electron chi connectivity index (χ0n) is 16.0. The summed E-state index contributed by atoms with van der Waals surface area (Å²) in [5.41, 5.74) is 1.38. The normalized spacial score (nSPS) is 15.0. The minimum Gasteiger partial charge on any atom is -0.495 e. The van der Waals surface area contributed by atoms with Crippen molar-refractivity contribution in [3.05, 3.63) is 28.7 Å². The molecule has 0 spiro atoms. The molecule has 27 heavy (non-hydrogen) atoms. The fourth-order valence-corrected chi connectivity index (χ4v) is 4.23. The number of piperazine rings is 1. The highest BCUT2D eigenvalue weighted by molar-refractivity contribution is 9.10. The third-order valence-corrected chi connectivity index (χ3v) is 5.66. The van der Waals surface area contributed by atoms with Crippen molar-refractivity contribution in [1.29, 1.82) is 0 Å². The van der Waals surface area contributed by atoms with Crippen LogP contribution in [0.1, 0.15) is 20.8 Å². The number of benzene rings is 1. The number of rotatable bonds is 3. The minimum absolute atomic E-state index is 0.244. The second-order valence-electron chi connectivity index (χ2n) is 7.33. The van der Waals surface area contributed by atoms with Gasteiger partial charge in [0.05, 0.1) is 17.3 Å². The number of amides is 1. The molecule has 6 nitrogen and oxygen atoms in total. The van der Waals surface area contributed by atoms with Crippen molar-refractivity contribution in [2.75, 3.05) is 38.2 Å². The molecule has 3 rings (SSSR count). The number of carbonyl (C=O) groups excluding carboxylic acids is 1. The van der Waals surface area contributed by atoms with Crippen LogP contribution in [-0.2, 0) is 4.74 Å². The number of ether oxygens (including phenoxy) is 2. The van der Waals surface area contributed by atoms with Gasteiger partial charge in [0, 0.05) is 37.8 Å². The van der Waals surface area contributed by atoms with Gasteiger partial charge in [-0.05, 0) is 60.4 Å². The first-order valence-corrected chi connectivity index (χ1v) is 10.4. The van der Waals surface area contributed by atoms with Gasteiger partial charge in [0.1, 0.15) is 16.4 Å². The molecule has 146 valence electrons. The molecule has 1 fully saturated rings. The van der Waals surface area contributed by atoms with Gasteiger partial charge in [-0.2, -0.15) is 4.37 Å². The van der Waals surface area contributed by atoms with Crippen LogP contribution < -0.4 is 9.64 Å². The monoisotopic (exact) mass is 453 g/mol. The summed E-state index contributed by atoms with van der Waals surface area (Å²) in [6.07, 6.45) is -0.244. The zero-order valence-corrected chi connectivity index (χ0v) is 18.4. The minimum atomic E-state index is -0.468. The van der Waals surface area contributed by atoms with E-state index in [1.54, 1.807) is 12.0 Å². The lowest BCUT2D eigenvalue weighted by Crippen LogP contribution is -2.49. The number of nitrogens with zero attached hydrogens (tertiary/aromatic N) is 3. The Morgan fingerprint density at radius 1 is 1.22 bits per heavy atom. The van der Waals surface area contributed by atoms with Crippen LogP contribution in [0.15, 0.2) is 28.7 Å². The molecule has 1 amide bonds. The lowest BCUT2D eigenvalue weighted by atomic mass is 10.1. The lowest BCUT2D eigenvalue weighted by molar-refractivity contribution is 0.0241. The molecule has 0 bridgehead atoms. The maximum atomic E-state index is 12.2. The van der Waals surface area contributed by atoms with Gasteiger partial charge in [-0.25, -0.2) is 4.79 Å². The second-order valence-corrected chi connectivity index (χ2v) is 8.96. The molecule has 1 aliphatic rings. The SMILES string of the molecule is COc1c(Br)cccc1-c1cc(N2CCN(C(=O)OC(C)(C)C)CC2)sn1. The maximum Gasteiger partial charge on any atom is 0.410 e. The summed E-state index contributed by atoms with van der Waals surface area (Å²) >= 11 is 4.99. The molecule has 2 heterocycles. The van der Waals surface area contributed by atoms with Crippen LogP contribution in [-0.4, -0.2) is 54.3 Å². The van der Waals surface area contributed by atoms with E-state index in [1.165, 1.54) is 11.5 Å². The Hall–Kier alpha value is -1.80. The molecular weight excluding hydrogens is 430 g/mol. The number of hydrogen-bond acceptors (Lipinski definition) is 6. The number of carbonyl (C=O) groups is 1. The van der Waals surface area contributed by atoms with Crippen molar-refractivity contribution in [2.24, 2.45) is 0 Å². The van der Waals surface area contributed by atoms with Crippen molar-refractivity contribution in [2.45, 2.75) is 26.4 Å². The largest absolute Gasteiger partial charge is 0.495 e. The van der Waals surface area contributed by atoms with Crippen molar-refractivity contribution < 1.29 is 14.3 Å². The highest BCUT2D eigenvalue weighted by atomic mass is 79.9. The quantitative estimate of drug-likeness (QED) is 0.677. The second kappa shape index (κ2) is 8.06. The first-order valence-electron chi connectivity index (χ1n) is 8.81. The molecule has 0 radical (unpaired) electrons. The summed E-state index contributed by atoms with van der Waals surface area (Å²) in [7, 11) is 1.66. The lowest BCUT2D eigenvalue weighted by Gasteiger charge is -2.35. The molecule has 0 atom stereocenters. The van der Waals surface area contributed by atoms with Gasteiger partial charge in [-0.1, -0.05) is 6.07 Å². The predicted octanol–water partition coefficient (Wildman–Crippen LogP) is 4.64. The molecule has 1 aliphatic heterocycles. The molecule has 2 aromatic rings. The van der Waals surface area contributed by atoms with E-state index in [4.69, 9.17) is 9.47 Å². The van der Waals surface area contributed by atoms with E-state index in [1.807, 2.05) is 39.0 Å². The van der Waals surface area contributed by atoms with Gasteiger partial charge in [0.25, 0.3) is 0 Å². The molecule has 0 N–H and O–H groups in total. The average Bonchev–Trinajstić information content (AvgIpc) is 3.10. The predicted molar refractivity (Wildman–Crippen MR) is 112 cm³/mol. The Morgan fingerprint density at radius 3 is 2.56 bits per heavy atom. The van der Waals surface area contributed by atoms with Crippen LogP contribution in [0.5, 0.6) is 5.75 Å². The third-order valence-electron chi connectivity index (χ3n) is 4.19. The number of hydrogen-bond donors (Lipinski definition) is 0. The van der Waals surface area contributed by atoms with Crippen molar-refractivity contribution in [3.8, 4) is 17.0 Å². The summed E-state index contributed by atoms with van der Waals surface area (Å²) in [5, 5.41) is 1.09.